The lowest BCUT2D eigenvalue weighted by Crippen LogP contribution is -2.49. The van der Waals surface area contributed by atoms with Crippen molar-refractivity contribution in [3.05, 3.63) is 90.9 Å². The highest BCUT2D eigenvalue weighted by molar-refractivity contribution is 6.01. The Balaban J connectivity index is 1.40. The molecule has 1 aliphatic rings. The average Bonchev–Trinajstić information content (AvgIpc) is 2.85. The minimum Gasteiger partial charge on any atom is -0.472 e. The number of hydrogen-bond donors (Lipinski definition) is 0. The predicted molar refractivity (Wildman–Crippen MR) is 126 cm³/mol. The van der Waals surface area contributed by atoms with Gasteiger partial charge in [0, 0.05) is 41.1 Å². The Labute approximate surface area is 187 Å². The molecule has 5 rings (SSSR count). The fraction of sp³-hybridized carbons (Fsp3) is 0.222. The molecular weight excluding hydrogens is 398 g/mol. The van der Waals surface area contributed by atoms with E-state index >= 15 is 0 Å². The van der Waals surface area contributed by atoms with Crippen LogP contribution < -0.4 is 4.74 Å². The van der Waals surface area contributed by atoms with E-state index in [-0.39, 0.29) is 18.1 Å². The standard InChI is InChI=1S/C27H25N3O2/c1-19-12-13-22(32-26-24-10-3-2-7-20(24)14-16-29-26)18-30(19)27(31)25-11-5-4-9-23(25)21-8-6-15-28-17-21/h2-11,14-17,19,22H,12-13,18H2,1H3. The minimum absolute atomic E-state index is 0.0242. The summed E-state index contributed by atoms with van der Waals surface area (Å²) in [5, 5.41) is 2.09. The predicted octanol–water partition coefficient (Wildman–Crippen LogP) is 5.37. The van der Waals surface area contributed by atoms with Crippen LogP contribution in [0, 0.1) is 0 Å². The first kappa shape index (κ1) is 20.2. The highest BCUT2D eigenvalue weighted by Gasteiger charge is 2.32. The summed E-state index contributed by atoms with van der Waals surface area (Å²) in [6.45, 7) is 2.64. The number of ether oxygens (including phenoxy) is 1. The molecule has 0 saturated carbocycles. The van der Waals surface area contributed by atoms with E-state index in [1.165, 1.54) is 0 Å². The van der Waals surface area contributed by atoms with Gasteiger partial charge in [-0.3, -0.25) is 9.78 Å². The Morgan fingerprint density at radius 3 is 2.69 bits per heavy atom. The number of hydrogen-bond acceptors (Lipinski definition) is 4. The van der Waals surface area contributed by atoms with Crippen molar-refractivity contribution >= 4 is 16.7 Å². The zero-order valence-electron chi connectivity index (χ0n) is 18.0. The van der Waals surface area contributed by atoms with Crippen molar-refractivity contribution < 1.29 is 9.53 Å². The Kier molecular flexibility index (Phi) is 5.55. The summed E-state index contributed by atoms with van der Waals surface area (Å²) in [6.07, 6.45) is 6.99. The molecule has 32 heavy (non-hydrogen) atoms. The van der Waals surface area contributed by atoms with Crippen molar-refractivity contribution in [2.75, 3.05) is 6.54 Å². The van der Waals surface area contributed by atoms with Crippen LogP contribution in [0.25, 0.3) is 21.9 Å². The second-order valence-corrected chi connectivity index (χ2v) is 8.25. The highest BCUT2D eigenvalue weighted by Crippen LogP contribution is 2.29. The molecule has 2 atom stereocenters. The maximum atomic E-state index is 13.6. The van der Waals surface area contributed by atoms with Gasteiger partial charge in [-0.15, -0.1) is 0 Å². The second kappa shape index (κ2) is 8.79. The molecule has 0 radical (unpaired) electrons. The largest absolute Gasteiger partial charge is 0.472 e. The van der Waals surface area contributed by atoms with Gasteiger partial charge in [0.25, 0.3) is 5.91 Å². The van der Waals surface area contributed by atoms with Gasteiger partial charge in [0.1, 0.15) is 6.10 Å². The molecule has 0 bridgehead atoms. The van der Waals surface area contributed by atoms with Gasteiger partial charge in [-0.05, 0) is 55.0 Å². The zero-order valence-corrected chi connectivity index (χ0v) is 18.0. The van der Waals surface area contributed by atoms with Crippen LogP contribution >= 0.6 is 0 Å². The Hall–Kier alpha value is -3.73. The Morgan fingerprint density at radius 2 is 1.81 bits per heavy atom. The molecule has 1 fully saturated rings. The number of benzene rings is 2. The first-order valence-electron chi connectivity index (χ1n) is 11.0. The van der Waals surface area contributed by atoms with Crippen molar-refractivity contribution in [1.82, 2.24) is 14.9 Å². The molecule has 2 aromatic carbocycles. The smallest absolute Gasteiger partial charge is 0.254 e. The summed E-state index contributed by atoms with van der Waals surface area (Å²) in [4.78, 5) is 24.3. The Bertz CT molecular complexity index is 1240. The number of amides is 1. The van der Waals surface area contributed by atoms with E-state index in [9.17, 15) is 4.79 Å². The summed E-state index contributed by atoms with van der Waals surface area (Å²) in [6, 6.07) is 21.8. The molecule has 0 aliphatic carbocycles. The summed E-state index contributed by atoms with van der Waals surface area (Å²) >= 11 is 0. The normalized spacial score (nSPS) is 18.5. The monoisotopic (exact) mass is 423 g/mol. The first-order valence-corrected chi connectivity index (χ1v) is 11.0. The van der Waals surface area contributed by atoms with E-state index in [0.29, 0.717) is 18.0 Å². The first-order chi connectivity index (χ1) is 15.7. The quantitative estimate of drug-likeness (QED) is 0.443. The number of pyridine rings is 2. The molecule has 1 aliphatic heterocycles. The lowest BCUT2D eigenvalue weighted by Gasteiger charge is -2.38. The third-order valence-electron chi connectivity index (χ3n) is 6.15. The molecule has 160 valence electrons. The van der Waals surface area contributed by atoms with Gasteiger partial charge in [-0.25, -0.2) is 4.98 Å². The van der Waals surface area contributed by atoms with Crippen LogP contribution in [0.1, 0.15) is 30.1 Å². The molecule has 5 heteroatoms. The van der Waals surface area contributed by atoms with E-state index in [0.717, 1.165) is 34.7 Å². The van der Waals surface area contributed by atoms with Crippen molar-refractivity contribution in [2.24, 2.45) is 0 Å². The number of fused-ring (bicyclic) bond motifs is 1. The summed E-state index contributed by atoms with van der Waals surface area (Å²) in [5.41, 5.74) is 2.53. The van der Waals surface area contributed by atoms with Crippen LogP contribution in [-0.2, 0) is 0 Å². The van der Waals surface area contributed by atoms with E-state index in [1.807, 2.05) is 65.6 Å². The van der Waals surface area contributed by atoms with E-state index < -0.39 is 0 Å². The maximum absolute atomic E-state index is 13.6. The van der Waals surface area contributed by atoms with Crippen LogP contribution in [0.4, 0.5) is 0 Å². The molecule has 5 nitrogen and oxygen atoms in total. The van der Waals surface area contributed by atoms with Crippen molar-refractivity contribution in [2.45, 2.75) is 31.9 Å². The third-order valence-corrected chi connectivity index (χ3v) is 6.15. The van der Waals surface area contributed by atoms with Gasteiger partial charge in [0.05, 0.1) is 6.54 Å². The number of nitrogens with zero attached hydrogens (tertiary/aromatic N) is 3. The number of aromatic nitrogens is 2. The summed E-state index contributed by atoms with van der Waals surface area (Å²) in [5.74, 6) is 0.655. The fourth-order valence-electron chi connectivity index (χ4n) is 4.39. The lowest BCUT2D eigenvalue weighted by atomic mass is 9.96. The number of carbonyl (C=O) groups excluding carboxylic acids is 1. The number of rotatable bonds is 4. The molecule has 3 heterocycles. The van der Waals surface area contributed by atoms with Crippen LogP contribution in [0.2, 0.25) is 0 Å². The number of likely N-dealkylation sites (tertiary alicyclic amines) is 1. The van der Waals surface area contributed by atoms with Gasteiger partial charge < -0.3 is 9.64 Å². The molecule has 0 N–H and O–H groups in total. The van der Waals surface area contributed by atoms with E-state index in [4.69, 9.17) is 4.74 Å². The van der Waals surface area contributed by atoms with Gasteiger partial charge in [0.2, 0.25) is 5.88 Å². The second-order valence-electron chi connectivity index (χ2n) is 8.25. The van der Waals surface area contributed by atoms with Crippen molar-refractivity contribution in [3.8, 4) is 17.0 Å². The van der Waals surface area contributed by atoms with Gasteiger partial charge in [0.15, 0.2) is 0 Å². The molecule has 2 aromatic heterocycles. The summed E-state index contributed by atoms with van der Waals surface area (Å²) < 4.78 is 6.33. The van der Waals surface area contributed by atoms with Crippen molar-refractivity contribution in [3.63, 3.8) is 0 Å². The maximum Gasteiger partial charge on any atom is 0.254 e. The Morgan fingerprint density at radius 1 is 0.969 bits per heavy atom. The van der Waals surface area contributed by atoms with Crippen LogP contribution in [0.5, 0.6) is 5.88 Å². The van der Waals surface area contributed by atoms with Crippen LogP contribution in [0.3, 0.4) is 0 Å². The zero-order chi connectivity index (χ0) is 21.9. The lowest BCUT2D eigenvalue weighted by molar-refractivity contribution is 0.0378. The minimum atomic E-state index is -0.0981. The molecule has 4 aromatic rings. The highest BCUT2D eigenvalue weighted by atomic mass is 16.5. The number of piperidine rings is 1. The molecule has 1 saturated heterocycles. The van der Waals surface area contributed by atoms with Gasteiger partial charge >= 0.3 is 0 Å². The van der Waals surface area contributed by atoms with Crippen molar-refractivity contribution in [1.29, 1.82) is 0 Å². The summed E-state index contributed by atoms with van der Waals surface area (Å²) in [7, 11) is 0. The molecular formula is C27H25N3O2. The average molecular weight is 424 g/mol. The van der Waals surface area contributed by atoms with Gasteiger partial charge in [-0.1, -0.05) is 42.5 Å². The fourth-order valence-corrected chi connectivity index (χ4v) is 4.39. The van der Waals surface area contributed by atoms with Crippen LogP contribution in [0.15, 0.2) is 85.3 Å². The number of carbonyl (C=O) groups is 1. The third kappa shape index (κ3) is 3.94. The van der Waals surface area contributed by atoms with E-state index in [2.05, 4.69) is 23.0 Å². The topological polar surface area (TPSA) is 55.3 Å². The molecule has 1 amide bonds. The van der Waals surface area contributed by atoms with Crippen LogP contribution in [-0.4, -0.2) is 39.5 Å². The van der Waals surface area contributed by atoms with E-state index in [1.54, 1.807) is 18.6 Å². The van der Waals surface area contributed by atoms with Gasteiger partial charge in [-0.2, -0.15) is 0 Å². The molecule has 2 unspecified atom stereocenters. The molecule has 0 spiro atoms. The SMILES string of the molecule is CC1CCC(Oc2nccc3ccccc23)CN1C(=O)c1ccccc1-c1cccnc1.